The van der Waals surface area contributed by atoms with Crippen molar-refractivity contribution in [1.82, 2.24) is 0 Å². The molecule has 1 aromatic carbocycles. The van der Waals surface area contributed by atoms with Crippen LogP contribution in [0.1, 0.15) is 12.5 Å². The van der Waals surface area contributed by atoms with Crippen LogP contribution in [0.5, 0.6) is 0 Å². The Labute approximate surface area is 91.0 Å². The first kappa shape index (κ1) is 12.8. The molecule has 1 rings (SSSR count). The molecule has 3 nitrogen and oxygen atoms in total. The van der Waals surface area contributed by atoms with Crippen LogP contribution in [0.15, 0.2) is 23.1 Å². The van der Waals surface area contributed by atoms with E-state index in [0.29, 0.717) is 6.07 Å². The SMILES string of the molecule is CCS(=O)(=O)c1ccc(C(F)(F)F)c(N)c1. The number of rotatable bonds is 2. The number of hydrogen-bond donors (Lipinski definition) is 1. The summed E-state index contributed by atoms with van der Waals surface area (Å²) in [6.45, 7) is 1.41. The smallest absolute Gasteiger partial charge is 0.398 e. The van der Waals surface area contributed by atoms with E-state index in [1.807, 2.05) is 0 Å². The Morgan fingerprint density at radius 1 is 1.31 bits per heavy atom. The number of sulfone groups is 1. The lowest BCUT2D eigenvalue weighted by molar-refractivity contribution is -0.136. The number of benzene rings is 1. The van der Waals surface area contributed by atoms with Crippen LogP contribution in [0.25, 0.3) is 0 Å². The van der Waals surface area contributed by atoms with E-state index in [1.165, 1.54) is 6.92 Å². The topological polar surface area (TPSA) is 60.2 Å². The molecule has 0 atom stereocenters. The van der Waals surface area contributed by atoms with Gasteiger partial charge < -0.3 is 5.73 Å². The van der Waals surface area contributed by atoms with E-state index >= 15 is 0 Å². The van der Waals surface area contributed by atoms with Gasteiger partial charge in [0.25, 0.3) is 0 Å². The summed E-state index contributed by atoms with van der Waals surface area (Å²) in [6.07, 6.45) is -4.57. The van der Waals surface area contributed by atoms with E-state index in [-0.39, 0.29) is 10.6 Å². The van der Waals surface area contributed by atoms with Crippen molar-refractivity contribution in [2.45, 2.75) is 18.0 Å². The Bertz CT molecular complexity index is 494. The Balaban J connectivity index is 3.31. The van der Waals surface area contributed by atoms with Crippen molar-refractivity contribution in [2.75, 3.05) is 11.5 Å². The van der Waals surface area contributed by atoms with Gasteiger partial charge in [0.05, 0.1) is 16.2 Å². The maximum Gasteiger partial charge on any atom is 0.418 e. The molecular formula is C9H10F3NO2S. The highest BCUT2D eigenvalue weighted by Gasteiger charge is 2.33. The van der Waals surface area contributed by atoms with Crippen molar-refractivity contribution < 1.29 is 21.6 Å². The zero-order chi connectivity index (χ0) is 12.6. The standard InChI is InChI=1S/C9H10F3NO2S/c1-2-16(14,15)6-3-4-7(8(13)5-6)9(10,11)12/h3-5H,2,13H2,1H3. The fourth-order valence-corrected chi connectivity index (χ4v) is 2.07. The summed E-state index contributed by atoms with van der Waals surface area (Å²) >= 11 is 0. The Morgan fingerprint density at radius 2 is 1.88 bits per heavy atom. The summed E-state index contributed by atoms with van der Waals surface area (Å²) in [5.41, 5.74) is 3.57. The summed E-state index contributed by atoms with van der Waals surface area (Å²) in [7, 11) is -3.53. The molecule has 1 aromatic rings. The Morgan fingerprint density at radius 3 is 2.25 bits per heavy atom. The maximum atomic E-state index is 12.3. The van der Waals surface area contributed by atoms with Crippen molar-refractivity contribution in [3.05, 3.63) is 23.8 Å². The van der Waals surface area contributed by atoms with Gasteiger partial charge >= 0.3 is 6.18 Å². The van der Waals surface area contributed by atoms with E-state index in [4.69, 9.17) is 5.73 Å². The van der Waals surface area contributed by atoms with Gasteiger partial charge in [0, 0.05) is 5.69 Å². The van der Waals surface area contributed by atoms with Crippen molar-refractivity contribution in [3.8, 4) is 0 Å². The predicted molar refractivity (Wildman–Crippen MR) is 53.6 cm³/mol. The molecule has 0 radical (unpaired) electrons. The number of hydrogen-bond acceptors (Lipinski definition) is 3. The first-order valence-electron chi connectivity index (χ1n) is 4.38. The molecule has 0 spiro atoms. The third-order valence-electron chi connectivity index (χ3n) is 2.07. The molecule has 0 aliphatic rings. The second-order valence-corrected chi connectivity index (χ2v) is 5.43. The van der Waals surface area contributed by atoms with Gasteiger partial charge in [0.1, 0.15) is 0 Å². The zero-order valence-electron chi connectivity index (χ0n) is 8.38. The van der Waals surface area contributed by atoms with Crippen LogP contribution in [-0.4, -0.2) is 14.2 Å². The van der Waals surface area contributed by atoms with E-state index in [9.17, 15) is 21.6 Å². The van der Waals surface area contributed by atoms with Gasteiger partial charge in [-0.2, -0.15) is 13.2 Å². The van der Waals surface area contributed by atoms with Gasteiger partial charge in [-0.05, 0) is 18.2 Å². The van der Waals surface area contributed by atoms with Gasteiger partial charge in [0.15, 0.2) is 9.84 Å². The minimum absolute atomic E-state index is 0.183. The molecule has 2 N–H and O–H groups in total. The first-order valence-corrected chi connectivity index (χ1v) is 6.03. The molecule has 0 saturated carbocycles. The van der Waals surface area contributed by atoms with Gasteiger partial charge in [-0.25, -0.2) is 8.42 Å². The van der Waals surface area contributed by atoms with Gasteiger partial charge in [-0.3, -0.25) is 0 Å². The highest BCUT2D eigenvalue weighted by atomic mass is 32.2. The largest absolute Gasteiger partial charge is 0.418 e. The molecule has 0 fully saturated rings. The molecule has 0 aliphatic heterocycles. The van der Waals surface area contributed by atoms with E-state index in [2.05, 4.69) is 0 Å². The van der Waals surface area contributed by atoms with Crippen LogP contribution < -0.4 is 5.73 Å². The van der Waals surface area contributed by atoms with Crippen LogP contribution in [0.3, 0.4) is 0 Å². The minimum Gasteiger partial charge on any atom is -0.398 e. The molecule has 0 amide bonds. The van der Waals surface area contributed by atoms with Crippen molar-refractivity contribution in [3.63, 3.8) is 0 Å². The first-order chi connectivity index (χ1) is 7.18. The fraction of sp³-hybridized carbons (Fsp3) is 0.333. The summed E-state index contributed by atoms with van der Waals surface area (Å²) in [5.74, 6) is -0.183. The molecule has 0 aliphatic carbocycles. The molecule has 0 aromatic heterocycles. The molecule has 7 heteroatoms. The summed E-state index contributed by atoms with van der Waals surface area (Å²) < 4.78 is 59.7. The average Bonchev–Trinajstić information content (AvgIpc) is 2.15. The number of alkyl halides is 3. The number of halogens is 3. The van der Waals surface area contributed by atoms with Crippen LogP contribution in [0.4, 0.5) is 18.9 Å². The predicted octanol–water partition coefficient (Wildman–Crippen LogP) is 2.08. The Hall–Kier alpha value is -1.24. The third-order valence-corrected chi connectivity index (χ3v) is 3.80. The fourth-order valence-electron chi connectivity index (χ4n) is 1.16. The van der Waals surface area contributed by atoms with Crippen molar-refractivity contribution >= 4 is 15.5 Å². The minimum atomic E-state index is -4.57. The van der Waals surface area contributed by atoms with E-state index < -0.39 is 27.3 Å². The molecule has 0 bridgehead atoms. The highest BCUT2D eigenvalue weighted by Crippen LogP contribution is 2.34. The normalized spacial score (nSPS) is 12.8. The van der Waals surface area contributed by atoms with Crippen molar-refractivity contribution in [2.24, 2.45) is 0 Å². The lowest BCUT2D eigenvalue weighted by atomic mass is 10.2. The summed E-state index contributed by atoms with van der Waals surface area (Å²) in [5, 5.41) is 0. The zero-order valence-corrected chi connectivity index (χ0v) is 9.19. The van der Waals surface area contributed by atoms with Gasteiger partial charge in [-0.15, -0.1) is 0 Å². The summed E-state index contributed by atoms with van der Waals surface area (Å²) in [6, 6.07) is 2.43. The lowest BCUT2D eigenvalue weighted by Gasteiger charge is -2.11. The molecule has 0 unspecified atom stereocenters. The van der Waals surface area contributed by atoms with E-state index in [1.54, 1.807) is 0 Å². The number of nitrogens with two attached hydrogens (primary N) is 1. The van der Waals surface area contributed by atoms with Gasteiger partial charge in [0.2, 0.25) is 0 Å². The van der Waals surface area contributed by atoms with E-state index in [0.717, 1.165) is 12.1 Å². The Kier molecular flexibility index (Phi) is 3.18. The van der Waals surface area contributed by atoms with Crippen LogP contribution in [0, 0.1) is 0 Å². The third kappa shape index (κ3) is 2.46. The molecule has 16 heavy (non-hydrogen) atoms. The molecule has 90 valence electrons. The second kappa shape index (κ2) is 3.97. The van der Waals surface area contributed by atoms with Gasteiger partial charge in [-0.1, -0.05) is 6.92 Å². The summed E-state index contributed by atoms with van der Waals surface area (Å²) in [4.78, 5) is -0.194. The average molecular weight is 253 g/mol. The molecule has 0 saturated heterocycles. The van der Waals surface area contributed by atoms with Crippen LogP contribution in [-0.2, 0) is 16.0 Å². The monoisotopic (exact) mass is 253 g/mol. The van der Waals surface area contributed by atoms with Crippen LogP contribution >= 0.6 is 0 Å². The molecular weight excluding hydrogens is 243 g/mol. The number of nitrogen functional groups attached to an aromatic ring is 1. The molecule has 0 heterocycles. The van der Waals surface area contributed by atoms with Crippen LogP contribution in [0.2, 0.25) is 0 Å². The highest BCUT2D eigenvalue weighted by molar-refractivity contribution is 7.91. The number of anilines is 1. The van der Waals surface area contributed by atoms with Crippen molar-refractivity contribution in [1.29, 1.82) is 0 Å². The maximum absolute atomic E-state index is 12.3. The quantitative estimate of drug-likeness (QED) is 0.821. The second-order valence-electron chi connectivity index (χ2n) is 3.15. The lowest BCUT2D eigenvalue weighted by Crippen LogP contribution is -2.11.